The molecule has 0 N–H and O–H groups in total. The first-order valence-corrected chi connectivity index (χ1v) is 18.2. The van der Waals surface area contributed by atoms with Gasteiger partial charge in [0, 0.05) is 17.1 Å². The number of nitrogens with zero attached hydrogens (tertiary/aromatic N) is 1. The van der Waals surface area contributed by atoms with Crippen molar-refractivity contribution in [2.75, 3.05) is 4.90 Å². The van der Waals surface area contributed by atoms with Crippen LogP contribution in [0.4, 0.5) is 17.1 Å². The molecule has 1 heteroatoms. The highest BCUT2D eigenvalue weighted by Crippen LogP contribution is 2.59. The van der Waals surface area contributed by atoms with E-state index in [4.69, 9.17) is 0 Å². The lowest BCUT2D eigenvalue weighted by Crippen LogP contribution is -2.11. The first-order valence-electron chi connectivity index (χ1n) is 18.2. The second kappa shape index (κ2) is 12.4. The van der Waals surface area contributed by atoms with Crippen LogP contribution in [-0.2, 0) is 0 Å². The molecule has 1 nitrogen and oxygen atoms in total. The van der Waals surface area contributed by atoms with Crippen LogP contribution in [0.25, 0.3) is 66.1 Å². The predicted octanol–water partition coefficient (Wildman–Crippen LogP) is 14.7. The largest absolute Gasteiger partial charge is 0.310 e. The minimum Gasteiger partial charge on any atom is -0.310 e. The molecule has 51 heavy (non-hydrogen) atoms. The van der Waals surface area contributed by atoms with Crippen molar-refractivity contribution < 1.29 is 0 Å². The van der Waals surface area contributed by atoms with E-state index in [-0.39, 0.29) is 0 Å². The predicted molar refractivity (Wildman–Crippen MR) is 220 cm³/mol. The van der Waals surface area contributed by atoms with E-state index in [0.717, 1.165) is 5.69 Å². The van der Waals surface area contributed by atoms with Gasteiger partial charge in [-0.05, 0) is 138 Å². The molecular formula is C50H41N. The molecule has 0 fully saturated rings. The van der Waals surface area contributed by atoms with Gasteiger partial charge in [0.2, 0.25) is 0 Å². The summed E-state index contributed by atoms with van der Waals surface area (Å²) in [6.45, 7) is 9.07. The molecule has 0 saturated carbocycles. The van der Waals surface area contributed by atoms with Gasteiger partial charge in [-0.3, -0.25) is 0 Å². The summed E-state index contributed by atoms with van der Waals surface area (Å²) in [5, 5.41) is 5.09. The second-order valence-electron chi connectivity index (χ2n) is 14.5. The minimum atomic E-state index is 0.444. The molecule has 0 aromatic heterocycles. The van der Waals surface area contributed by atoms with Crippen LogP contribution in [0.15, 0.2) is 164 Å². The van der Waals surface area contributed by atoms with E-state index < -0.39 is 0 Å². The van der Waals surface area contributed by atoms with Gasteiger partial charge in [0.05, 0.1) is 0 Å². The molecular weight excluding hydrogens is 615 g/mol. The molecule has 9 rings (SSSR count). The molecule has 0 aliphatic heterocycles. The third-order valence-electron chi connectivity index (χ3n) is 10.7. The van der Waals surface area contributed by atoms with Crippen molar-refractivity contribution in [3.63, 3.8) is 0 Å². The SMILES string of the molecule is CC(C)c1cccc(N(c2cccc(C(C)C)c2)c2ccc3cc4c(cc3c2)-c2c-4c(-c3ccccc3)c3ccccc3c2-c2ccccc2)c1. The van der Waals surface area contributed by atoms with E-state index >= 15 is 0 Å². The fourth-order valence-corrected chi connectivity index (χ4v) is 8.06. The Kier molecular flexibility index (Phi) is 7.59. The van der Waals surface area contributed by atoms with E-state index in [1.165, 1.54) is 88.6 Å². The van der Waals surface area contributed by atoms with Crippen molar-refractivity contribution in [2.45, 2.75) is 39.5 Å². The van der Waals surface area contributed by atoms with Crippen LogP contribution in [0.3, 0.4) is 0 Å². The molecule has 0 amide bonds. The summed E-state index contributed by atoms with van der Waals surface area (Å²) >= 11 is 0. The lowest BCUT2D eigenvalue weighted by Gasteiger charge is -2.33. The van der Waals surface area contributed by atoms with Crippen LogP contribution < -0.4 is 4.90 Å². The lowest BCUT2D eigenvalue weighted by molar-refractivity contribution is 0.864. The van der Waals surface area contributed by atoms with Crippen molar-refractivity contribution in [1.82, 2.24) is 0 Å². The maximum Gasteiger partial charge on any atom is 0.0468 e. The van der Waals surface area contributed by atoms with Crippen LogP contribution in [0.2, 0.25) is 0 Å². The second-order valence-corrected chi connectivity index (χ2v) is 14.5. The van der Waals surface area contributed by atoms with Gasteiger partial charge in [0.15, 0.2) is 0 Å². The molecule has 0 bridgehead atoms. The summed E-state index contributed by atoms with van der Waals surface area (Å²) in [6.07, 6.45) is 0. The molecule has 246 valence electrons. The Morgan fingerprint density at radius 1 is 0.353 bits per heavy atom. The number of rotatable bonds is 7. The Balaban J connectivity index is 1.28. The van der Waals surface area contributed by atoms with Crippen LogP contribution in [0.5, 0.6) is 0 Å². The zero-order chi connectivity index (χ0) is 34.6. The van der Waals surface area contributed by atoms with Crippen LogP contribution in [0, 0.1) is 0 Å². The van der Waals surface area contributed by atoms with Crippen molar-refractivity contribution >= 4 is 38.6 Å². The summed E-state index contributed by atoms with van der Waals surface area (Å²) in [6, 6.07) is 60.8. The topological polar surface area (TPSA) is 3.24 Å². The summed E-state index contributed by atoms with van der Waals surface area (Å²) < 4.78 is 0. The average molecular weight is 656 g/mol. The third-order valence-corrected chi connectivity index (χ3v) is 10.7. The molecule has 8 aromatic carbocycles. The molecule has 8 aromatic rings. The molecule has 1 aliphatic rings. The van der Waals surface area contributed by atoms with Gasteiger partial charge >= 0.3 is 0 Å². The Morgan fingerprint density at radius 2 is 0.804 bits per heavy atom. The first-order chi connectivity index (χ1) is 25.0. The number of anilines is 3. The third kappa shape index (κ3) is 5.24. The minimum absolute atomic E-state index is 0.444. The standard InChI is InChI=1S/C50H41N/c1-32(2)36-19-13-21-40(27-36)51(41-22-14-20-37(28-41)33(3)4)42-26-25-38-30-45-46(31-39(38)29-42)50-48(35-17-9-6-10-18-35)44-24-12-11-23-43(44)47(49(45)50)34-15-7-5-8-16-34/h5-33H,1-4H3. The molecule has 0 atom stereocenters. The van der Waals surface area contributed by atoms with E-state index in [1.54, 1.807) is 0 Å². The van der Waals surface area contributed by atoms with Gasteiger partial charge in [0.25, 0.3) is 0 Å². The Hall–Kier alpha value is -5.92. The maximum atomic E-state index is 2.44. The van der Waals surface area contributed by atoms with Crippen molar-refractivity contribution in [3.05, 3.63) is 175 Å². The fraction of sp³-hybridized carbons (Fsp3) is 0.120. The summed E-state index contributed by atoms with van der Waals surface area (Å²) in [4.78, 5) is 2.43. The van der Waals surface area contributed by atoms with Gasteiger partial charge in [-0.2, -0.15) is 0 Å². The average Bonchev–Trinajstić information content (AvgIpc) is 3.17. The first kappa shape index (κ1) is 31.1. The number of hydrogen-bond donors (Lipinski definition) is 0. The van der Waals surface area contributed by atoms with Crippen LogP contribution in [0.1, 0.15) is 50.7 Å². The number of hydrogen-bond acceptors (Lipinski definition) is 1. The summed E-state index contributed by atoms with van der Waals surface area (Å²) in [5.74, 6) is 0.889. The van der Waals surface area contributed by atoms with E-state index in [0.29, 0.717) is 11.8 Å². The number of fused-ring (bicyclic) bond motifs is 6. The molecule has 1 aliphatic carbocycles. The molecule has 0 spiro atoms. The van der Waals surface area contributed by atoms with Gasteiger partial charge < -0.3 is 4.90 Å². The Labute approximate surface area is 301 Å². The van der Waals surface area contributed by atoms with Crippen molar-refractivity contribution in [2.24, 2.45) is 0 Å². The van der Waals surface area contributed by atoms with Crippen LogP contribution in [-0.4, -0.2) is 0 Å². The Morgan fingerprint density at radius 3 is 1.29 bits per heavy atom. The molecule has 0 radical (unpaired) electrons. The highest BCUT2D eigenvalue weighted by molar-refractivity contribution is 6.26. The van der Waals surface area contributed by atoms with Crippen molar-refractivity contribution in [3.8, 4) is 44.5 Å². The van der Waals surface area contributed by atoms with Crippen molar-refractivity contribution in [1.29, 1.82) is 0 Å². The molecule has 0 unspecified atom stereocenters. The van der Waals surface area contributed by atoms with E-state index in [2.05, 4.69) is 196 Å². The number of benzene rings is 8. The van der Waals surface area contributed by atoms with E-state index in [9.17, 15) is 0 Å². The van der Waals surface area contributed by atoms with Gasteiger partial charge in [-0.15, -0.1) is 0 Å². The smallest absolute Gasteiger partial charge is 0.0468 e. The lowest BCUT2D eigenvalue weighted by atomic mass is 9.70. The highest BCUT2D eigenvalue weighted by Gasteiger charge is 2.32. The monoisotopic (exact) mass is 655 g/mol. The van der Waals surface area contributed by atoms with Gasteiger partial charge in [-0.1, -0.05) is 143 Å². The van der Waals surface area contributed by atoms with Gasteiger partial charge in [0.1, 0.15) is 0 Å². The van der Waals surface area contributed by atoms with Gasteiger partial charge in [-0.25, -0.2) is 0 Å². The zero-order valence-corrected chi connectivity index (χ0v) is 29.7. The normalized spacial score (nSPS) is 11.9. The van der Waals surface area contributed by atoms with Crippen LogP contribution >= 0.6 is 0 Å². The molecule has 0 heterocycles. The maximum absolute atomic E-state index is 2.44. The summed E-state index contributed by atoms with van der Waals surface area (Å²) in [7, 11) is 0. The zero-order valence-electron chi connectivity index (χ0n) is 29.7. The highest BCUT2D eigenvalue weighted by atomic mass is 15.1. The summed E-state index contributed by atoms with van der Waals surface area (Å²) in [5.41, 5.74) is 16.7. The molecule has 0 saturated heterocycles. The fourth-order valence-electron chi connectivity index (χ4n) is 8.06. The quantitative estimate of drug-likeness (QED) is 0.165. The Bertz CT molecular complexity index is 2530. The van der Waals surface area contributed by atoms with E-state index in [1.807, 2.05) is 0 Å².